The van der Waals surface area contributed by atoms with Gasteiger partial charge in [-0.2, -0.15) is 0 Å². The number of hydrogen-bond donors (Lipinski definition) is 2. The Morgan fingerprint density at radius 2 is 1.88 bits per heavy atom. The first-order valence-corrected chi connectivity index (χ1v) is 9.39. The molecule has 0 aromatic carbocycles. The number of aromatic nitrogens is 2. The Balaban J connectivity index is 1.89. The van der Waals surface area contributed by atoms with Crippen molar-refractivity contribution >= 4 is 35.0 Å². The Labute approximate surface area is 165 Å². The Morgan fingerprint density at radius 3 is 2.38 bits per heavy atom. The highest BCUT2D eigenvalue weighted by Gasteiger charge is 2.09. The molecule has 0 saturated carbocycles. The summed E-state index contributed by atoms with van der Waals surface area (Å²) in [6, 6.07) is 5.98. The van der Waals surface area contributed by atoms with Crippen molar-refractivity contribution in [3.05, 3.63) is 45.8 Å². The van der Waals surface area contributed by atoms with Gasteiger partial charge in [-0.15, -0.1) is 0 Å². The van der Waals surface area contributed by atoms with E-state index in [1.54, 1.807) is 7.05 Å². The second-order valence-corrected chi connectivity index (χ2v) is 6.57. The molecule has 0 aliphatic rings. The van der Waals surface area contributed by atoms with Crippen LogP contribution in [0.3, 0.4) is 0 Å². The van der Waals surface area contributed by atoms with Crippen LogP contribution >= 0.6 is 23.2 Å². The monoisotopic (exact) mass is 396 g/mol. The summed E-state index contributed by atoms with van der Waals surface area (Å²) in [6.45, 7) is 7.37. The standard InChI is InChI=1S/C18H26Cl2N6/c1-5-26(6-2)16-8-7-13(10-22-16)11-23-18(21-3)24-12-14-9-15(19)17(20)25(14)4/h7-10H,5-6,11-12H2,1-4H3,(H2,21,23,24). The van der Waals surface area contributed by atoms with E-state index in [9.17, 15) is 0 Å². The average molecular weight is 397 g/mol. The Bertz CT molecular complexity index is 735. The summed E-state index contributed by atoms with van der Waals surface area (Å²) in [7, 11) is 3.62. The molecule has 8 heteroatoms. The highest BCUT2D eigenvalue weighted by Crippen LogP contribution is 2.24. The molecule has 0 aliphatic heterocycles. The molecule has 6 nitrogen and oxygen atoms in total. The molecule has 0 saturated heterocycles. The molecule has 0 aliphatic carbocycles. The highest BCUT2D eigenvalue weighted by atomic mass is 35.5. The van der Waals surface area contributed by atoms with Gasteiger partial charge in [0.15, 0.2) is 5.96 Å². The molecule has 0 radical (unpaired) electrons. The number of nitrogens with one attached hydrogen (secondary N) is 2. The molecule has 2 aromatic rings. The third-order valence-electron chi connectivity index (χ3n) is 4.23. The Morgan fingerprint density at radius 1 is 1.19 bits per heavy atom. The number of pyridine rings is 1. The van der Waals surface area contributed by atoms with Crippen LogP contribution in [-0.4, -0.2) is 35.6 Å². The van der Waals surface area contributed by atoms with Gasteiger partial charge in [0, 0.05) is 45.6 Å². The van der Waals surface area contributed by atoms with Gasteiger partial charge in [0.25, 0.3) is 0 Å². The van der Waals surface area contributed by atoms with Gasteiger partial charge in [-0.1, -0.05) is 29.3 Å². The molecule has 0 amide bonds. The Kier molecular flexibility index (Phi) is 7.60. The molecule has 2 aromatic heterocycles. The van der Waals surface area contributed by atoms with Gasteiger partial charge >= 0.3 is 0 Å². The van der Waals surface area contributed by atoms with Crippen molar-refractivity contribution in [2.24, 2.45) is 12.0 Å². The second-order valence-electron chi connectivity index (χ2n) is 5.81. The minimum absolute atomic E-state index is 0.533. The van der Waals surface area contributed by atoms with Crippen molar-refractivity contribution in [3.8, 4) is 0 Å². The van der Waals surface area contributed by atoms with E-state index in [2.05, 4.69) is 45.4 Å². The van der Waals surface area contributed by atoms with E-state index < -0.39 is 0 Å². The number of anilines is 1. The van der Waals surface area contributed by atoms with Crippen LogP contribution in [0.5, 0.6) is 0 Å². The summed E-state index contributed by atoms with van der Waals surface area (Å²) >= 11 is 12.1. The van der Waals surface area contributed by atoms with Crippen molar-refractivity contribution in [3.63, 3.8) is 0 Å². The van der Waals surface area contributed by atoms with Crippen molar-refractivity contribution in [1.82, 2.24) is 20.2 Å². The zero-order chi connectivity index (χ0) is 19.1. The van der Waals surface area contributed by atoms with Crippen LogP contribution in [0.15, 0.2) is 29.4 Å². The summed E-state index contributed by atoms with van der Waals surface area (Å²) in [5, 5.41) is 7.62. The minimum atomic E-state index is 0.533. The van der Waals surface area contributed by atoms with E-state index in [1.807, 2.05) is 29.9 Å². The third-order valence-corrected chi connectivity index (χ3v) is 5.07. The predicted molar refractivity (Wildman–Crippen MR) is 110 cm³/mol. The van der Waals surface area contributed by atoms with Crippen LogP contribution in [0.25, 0.3) is 0 Å². The fourth-order valence-electron chi connectivity index (χ4n) is 2.60. The molecular formula is C18H26Cl2N6. The molecule has 26 heavy (non-hydrogen) atoms. The van der Waals surface area contributed by atoms with E-state index >= 15 is 0 Å². The van der Waals surface area contributed by atoms with E-state index in [1.165, 1.54) is 0 Å². The average Bonchev–Trinajstić information content (AvgIpc) is 2.91. The molecule has 2 heterocycles. The topological polar surface area (TPSA) is 57.5 Å². The summed E-state index contributed by atoms with van der Waals surface area (Å²) < 4.78 is 1.85. The van der Waals surface area contributed by atoms with Crippen LogP contribution in [0.1, 0.15) is 25.1 Å². The van der Waals surface area contributed by atoms with E-state index in [0.29, 0.717) is 29.2 Å². The lowest BCUT2D eigenvalue weighted by molar-refractivity contribution is 0.749. The van der Waals surface area contributed by atoms with Crippen LogP contribution in [0.2, 0.25) is 10.2 Å². The zero-order valence-electron chi connectivity index (χ0n) is 15.7. The fraction of sp³-hybridized carbons (Fsp3) is 0.444. The third kappa shape index (κ3) is 5.05. The number of guanidine groups is 1. The maximum Gasteiger partial charge on any atom is 0.191 e. The molecule has 0 atom stereocenters. The lowest BCUT2D eigenvalue weighted by atomic mass is 10.2. The molecule has 0 fully saturated rings. The van der Waals surface area contributed by atoms with Crippen molar-refractivity contribution in [2.75, 3.05) is 25.0 Å². The van der Waals surface area contributed by atoms with Crippen molar-refractivity contribution < 1.29 is 0 Å². The summed E-state index contributed by atoms with van der Waals surface area (Å²) in [5.41, 5.74) is 2.07. The van der Waals surface area contributed by atoms with Gasteiger partial charge < -0.3 is 20.1 Å². The SMILES string of the molecule is CCN(CC)c1ccc(CNC(=NC)NCc2cc(Cl)c(Cl)n2C)cn1. The lowest BCUT2D eigenvalue weighted by Crippen LogP contribution is -2.36. The zero-order valence-corrected chi connectivity index (χ0v) is 17.2. The molecule has 0 unspecified atom stereocenters. The van der Waals surface area contributed by atoms with Crippen LogP contribution in [-0.2, 0) is 20.1 Å². The van der Waals surface area contributed by atoms with Gasteiger partial charge in [0.2, 0.25) is 0 Å². The summed E-state index contributed by atoms with van der Waals surface area (Å²) in [4.78, 5) is 11.0. The van der Waals surface area contributed by atoms with E-state index in [0.717, 1.165) is 30.2 Å². The van der Waals surface area contributed by atoms with Crippen molar-refractivity contribution in [2.45, 2.75) is 26.9 Å². The first kappa shape index (κ1) is 20.4. The lowest BCUT2D eigenvalue weighted by Gasteiger charge is -2.19. The predicted octanol–water partition coefficient (Wildman–Crippen LogP) is 3.44. The highest BCUT2D eigenvalue weighted by molar-refractivity contribution is 6.41. The molecule has 2 rings (SSSR count). The minimum Gasteiger partial charge on any atom is -0.357 e. The molecule has 2 N–H and O–H groups in total. The van der Waals surface area contributed by atoms with Gasteiger partial charge in [0.05, 0.1) is 11.6 Å². The number of hydrogen-bond acceptors (Lipinski definition) is 3. The fourth-order valence-corrected chi connectivity index (χ4v) is 3.01. The first-order valence-electron chi connectivity index (χ1n) is 8.64. The smallest absolute Gasteiger partial charge is 0.191 e. The summed E-state index contributed by atoms with van der Waals surface area (Å²) in [5.74, 6) is 1.70. The van der Waals surface area contributed by atoms with Gasteiger partial charge in [-0.05, 0) is 31.5 Å². The van der Waals surface area contributed by atoms with Crippen LogP contribution in [0, 0.1) is 0 Å². The van der Waals surface area contributed by atoms with Gasteiger partial charge in [-0.25, -0.2) is 4.98 Å². The maximum atomic E-state index is 6.09. The Hall–Kier alpha value is -1.92. The number of rotatable bonds is 7. The molecule has 0 spiro atoms. The van der Waals surface area contributed by atoms with Gasteiger partial charge in [0.1, 0.15) is 11.0 Å². The quantitative estimate of drug-likeness (QED) is 0.555. The summed E-state index contributed by atoms with van der Waals surface area (Å²) in [6.07, 6.45) is 1.89. The van der Waals surface area contributed by atoms with E-state index in [4.69, 9.17) is 23.2 Å². The number of nitrogens with zero attached hydrogens (tertiary/aromatic N) is 4. The maximum absolute atomic E-state index is 6.09. The number of halogens is 2. The second kappa shape index (κ2) is 9.69. The molecule has 142 valence electrons. The van der Waals surface area contributed by atoms with Crippen LogP contribution < -0.4 is 15.5 Å². The van der Waals surface area contributed by atoms with E-state index in [-0.39, 0.29) is 0 Å². The first-order chi connectivity index (χ1) is 12.5. The van der Waals surface area contributed by atoms with Crippen LogP contribution in [0.4, 0.5) is 5.82 Å². The largest absolute Gasteiger partial charge is 0.357 e. The van der Waals surface area contributed by atoms with Gasteiger partial charge in [-0.3, -0.25) is 4.99 Å². The molecule has 0 bridgehead atoms. The molecular weight excluding hydrogens is 371 g/mol. The normalized spacial score (nSPS) is 11.5. The van der Waals surface area contributed by atoms with Crippen molar-refractivity contribution in [1.29, 1.82) is 0 Å². The number of aliphatic imine (C=N–C) groups is 1.